The van der Waals surface area contributed by atoms with Gasteiger partial charge in [0.2, 0.25) is 0 Å². The largest absolute Gasteiger partial charge is 0.341 e. The van der Waals surface area contributed by atoms with Gasteiger partial charge in [0, 0.05) is 28.7 Å². The molecule has 4 heteroatoms. The fourth-order valence-corrected chi connectivity index (χ4v) is 4.79. The van der Waals surface area contributed by atoms with Crippen LogP contribution in [0.25, 0.3) is 0 Å². The van der Waals surface area contributed by atoms with Crippen molar-refractivity contribution in [3.63, 3.8) is 0 Å². The molecular weight excluding hydrogens is 338 g/mol. The fourth-order valence-electron chi connectivity index (χ4n) is 3.93. The van der Waals surface area contributed by atoms with Gasteiger partial charge < -0.3 is 4.90 Å². The summed E-state index contributed by atoms with van der Waals surface area (Å²) in [6.45, 7) is 0.879. The maximum atomic E-state index is 12.5. The zero-order valence-corrected chi connectivity index (χ0v) is 14.0. The highest BCUT2D eigenvalue weighted by Crippen LogP contribution is 2.48. The van der Waals surface area contributed by atoms with E-state index in [1.165, 1.54) is 25.7 Å². The summed E-state index contributed by atoms with van der Waals surface area (Å²) >= 11 is 9.41. The van der Waals surface area contributed by atoms with Crippen LogP contribution in [-0.4, -0.2) is 24.4 Å². The van der Waals surface area contributed by atoms with Crippen molar-refractivity contribution in [2.24, 2.45) is 17.8 Å². The quantitative estimate of drug-likeness (QED) is 0.774. The van der Waals surface area contributed by atoms with Gasteiger partial charge in [-0.2, -0.15) is 0 Å². The normalized spacial score (nSPS) is 27.9. The number of hydrogen-bond acceptors (Lipinski definition) is 1. The third-order valence-electron chi connectivity index (χ3n) is 4.85. The summed E-state index contributed by atoms with van der Waals surface area (Å²) in [6.07, 6.45) is 5.46. The van der Waals surface area contributed by atoms with Crippen molar-refractivity contribution in [1.82, 2.24) is 4.90 Å². The van der Waals surface area contributed by atoms with Crippen molar-refractivity contribution in [2.45, 2.75) is 25.7 Å². The Balaban J connectivity index is 1.67. The van der Waals surface area contributed by atoms with Crippen LogP contribution >= 0.6 is 27.5 Å². The molecule has 2 aliphatic rings. The van der Waals surface area contributed by atoms with Crippen molar-refractivity contribution in [2.75, 3.05) is 13.6 Å². The fraction of sp³-hybridized carbons (Fsp3) is 0.562. The molecule has 3 atom stereocenters. The molecule has 2 aliphatic carbocycles. The Morgan fingerprint density at radius 3 is 2.75 bits per heavy atom. The molecule has 0 heterocycles. The summed E-state index contributed by atoms with van der Waals surface area (Å²) in [5.41, 5.74) is 0.662. The first-order valence-electron chi connectivity index (χ1n) is 7.24. The van der Waals surface area contributed by atoms with E-state index in [-0.39, 0.29) is 5.91 Å². The highest BCUT2D eigenvalue weighted by atomic mass is 79.9. The van der Waals surface area contributed by atoms with Gasteiger partial charge in [0.15, 0.2) is 0 Å². The third kappa shape index (κ3) is 2.89. The number of benzene rings is 1. The molecule has 2 saturated carbocycles. The molecular formula is C16H19BrClNO. The van der Waals surface area contributed by atoms with Crippen LogP contribution in [0.3, 0.4) is 0 Å². The number of halogens is 2. The second-order valence-corrected chi connectivity index (χ2v) is 7.63. The molecule has 1 aromatic carbocycles. The maximum Gasteiger partial charge on any atom is 0.253 e. The summed E-state index contributed by atoms with van der Waals surface area (Å²) in [5, 5.41) is 0.594. The molecule has 2 nitrogen and oxygen atoms in total. The van der Waals surface area contributed by atoms with Crippen LogP contribution in [-0.2, 0) is 0 Å². The van der Waals surface area contributed by atoms with Crippen molar-refractivity contribution in [1.29, 1.82) is 0 Å². The molecule has 108 valence electrons. The average molecular weight is 357 g/mol. The molecule has 0 aliphatic heterocycles. The molecule has 2 fully saturated rings. The van der Waals surface area contributed by atoms with Crippen molar-refractivity contribution >= 4 is 33.4 Å². The van der Waals surface area contributed by atoms with Gasteiger partial charge in [-0.05, 0) is 55.2 Å². The van der Waals surface area contributed by atoms with Gasteiger partial charge >= 0.3 is 0 Å². The third-order valence-corrected chi connectivity index (χ3v) is 5.53. The van der Waals surface area contributed by atoms with E-state index in [1.807, 2.05) is 18.0 Å². The highest BCUT2D eigenvalue weighted by Gasteiger charge is 2.40. The van der Waals surface area contributed by atoms with E-state index >= 15 is 0 Å². The molecule has 20 heavy (non-hydrogen) atoms. The molecule has 0 saturated heterocycles. The molecule has 3 rings (SSSR count). The van der Waals surface area contributed by atoms with Crippen molar-refractivity contribution in [3.8, 4) is 0 Å². The van der Waals surface area contributed by atoms with Gasteiger partial charge in [0.1, 0.15) is 0 Å². The predicted molar refractivity (Wildman–Crippen MR) is 85.1 cm³/mol. The number of carbonyl (C=O) groups is 1. The molecule has 0 aromatic heterocycles. The summed E-state index contributed by atoms with van der Waals surface area (Å²) < 4.78 is 0.849. The zero-order valence-electron chi connectivity index (χ0n) is 11.6. The van der Waals surface area contributed by atoms with Gasteiger partial charge in [-0.15, -0.1) is 0 Å². The second-order valence-electron chi connectivity index (χ2n) is 6.28. The summed E-state index contributed by atoms with van der Waals surface area (Å²) in [7, 11) is 1.91. The Morgan fingerprint density at radius 1 is 1.35 bits per heavy atom. The molecule has 1 amide bonds. The maximum absolute atomic E-state index is 12.5. The minimum Gasteiger partial charge on any atom is -0.341 e. The van der Waals surface area contributed by atoms with Crippen LogP contribution in [0, 0.1) is 17.8 Å². The van der Waals surface area contributed by atoms with Gasteiger partial charge in [-0.1, -0.05) is 34.0 Å². The molecule has 0 N–H and O–H groups in total. The van der Waals surface area contributed by atoms with E-state index < -0.39 is 0 Å². The van der Waals surface area contributed by atoms with Crippen LogP contribution in [0.1, 0.15) is 36.0 Å². The molecule has 1 aromatic rings. The number of nitrogens with zero attached hydrogens (tertiary/aromatic N) is 1. The lowest BCUT2D eigenvalue weighted by molar-refractivity contribution is 0.0754. The Kier molecular flexibility index (Phi) is 4.09. The lowest BCUT2D eigenvalue weighted by Crippen LogP contribution is -2.33. The van der Waals surface area contributed by atoms with Crippen LogP contribution in [0.5, 0.6) is 0 Å². The minimum absolute atomic E-state index is 0.0657. The first-order chi connectivity index (χ1) is 9.52. The Labute approximate surface area is 133 Å². The number of rotatable bonds is 3. The smallest absolute Gasteiger partial charge is 0.253 e. The second kappa shape index (κ2) is 5.69. The Hall–Kier alpha value is -0.540. The van der Waals surface area contributed by atoms with E-state index in [0.717, 1.165) is 22.9 Å². The highest BCUT2D eigenvalue weighted by molar-refractivity contribution is 9.10. The number of hydrogen-bond donors (Lipinski definition) is 0. The zero-order chi connectivity index (χ0) is 14.3. The first kappa shape index (κ1) is 14.4. The van der Waals surface area contributed by atoms with E-state index in [2.05, 4.69) is 15.9 Å². The number of amides is 1. The number of fused-ring (bicyclic) bond motifs is 2. The van der Waals surface area contributed by atoms with E-state index in [1.54, 1.807) is 12.1 Å². The van der Waals surface area contributed by atoms with E-state index in [4.69, 9.17) is 11.6 Å². The van der Waals surface area contributed by atoms with Crippen LogP contribution in [0.2, 0.25) is 5.02 Å². The predicted octanol–water partition coefficient (Wildman–Crippen LogP) is 4.61. The molecule has 0 spiro atoms. The molecule has 3 unspecified atom stereocenters. The van der Waals surface area contributed by atoms with Crippen LogP contribution in [0.15, 0.2) is 22.7 Å². The average Bonchev–Trinajstić information content (AvgIpc) is 2.98. The number of carbonyl (C=O) groups excluding carboxylic acids is 1. The van der Waals surface area contributed by atoms with Crippen LogP contribution < -0.4 is 0 Å². The monoisotopic (exact) mass is 355 g/mol. The Bertz CT molecular complexity index is 513. The Morgan fingerprint density at radius 2 is 2.15 bits per heavy atom. The molecule has 2 bridgehead atoms. The van der Waals surface area contributed by atoms with E-state index in [9.17, 15) is 4.79 Å². The van der Waals surface area contributed by atoms with Gasteiger partial charge in [-0.25, -0.2) is 0 Å². The summed E-state index contributed by atoms with van der Waals surface area (Å²) in [6, 6.07) is 5.38. The topological polar surface area (TPSA) is 20.3 Å². The van der Waals surface area contributed by atoms with E-state index in [0.29, 0.717) is 16.5 Å². The van der Waals surface area contributed by atoms with Crippen LogP contribution in [0.4, 0.5) is 0 Å². The van der Waals surface area contributed by atoms with Gasteiger partial charge in [0.05, 0.1) is 0 Å². The first-order valence-corrected chi connectivity index (χ1v) is 8.41. The standard InChI is InChI=1S/C16H19BrClNO/c1-19(9-13-5-10-2-3-11(13)4-10)16(20)12-6-14(17)8-15(18)7-12/h6-8,10-11,13H,2-5,9H2,1H3. The SMILES string of the molecule is CN(CC1CC2CCC1C2)C(=O)c1cc(Cl)cc(Br)c1. The van der Waals surface area contributed by atoms with Gasteiger partial charge in [0.25, 0.3) is 5.91 Å². The minimum atomic E-state index is 0.0657. The lowest BCUT2D eigenvalue weighted by atomic mass is 9.88. The van der Waals surface area contributed by atoms with Gasteiger partial charge in [-0.3, -0.25) is 4.79 Å². The van der Waals surface area contributed by atoms with Crippen molar-refractivity contribution in [3.05, 3.63) is 33.3 Å². The summed E-state index contributed by atoms with van der Waals surface area (Å²) in [4.78, 5) is 14.4. The molecule has 0 radical (unpaired) electrons. The summed E-state index contributed by atoms with van der Waals surface area (Å²) in [5.74, 6) is 2.54. The van der Waals surface area contributed by atoms with Crippen molar-refractivity contribution < 1.29 is 4.79 Å². The lowest BCUT2D eigenvalue weighted by Gasteiger charge is -2.27.